The van der Waals surface area contributed by atoms with E-state index in [1.165, 1.54) is 7.11 Å². The first-order valence-corrected chi connectivity index (χ1v) is 9.26. The number of hydrogen-bond acceptors (Lipinski definition) is 6. The molecule has 1 aliphatic heterocycles. The molecule has 2 aromatic carbocycles. The Morgan fingerprint density at radius 3 is 2.18 bits per heavy atom. The van der Waals surface area contributed by atoms with Gasteiger partial charge < -0.3 is 24.1 Å². The van der Waals surface area contributed by atoms with E-state index < -0.39 is 30.5 Å². The van der Waals surface area contributed by atoms with E-state index >= 15 is 0 Å². The molecule has 1 fully saturated rings. The van der Waals surface area contributed by atoms with Crippen LogP contribution in [0, 0.1) is 17.2 Å². The molecular formula is C22H25NO5. The number of hydrogen-bond donors (Lipinski definition) is 1. The number of aliphatic hydroxyl groups is 1. The quantitative estimate of drug-likeness (QED) is 0.755. The molecule has 1 N–H and O–H groups in total. The van der Waals surface area contributed by atoms with Crippen LogP contribution >= 0.6 is 0 Å². The molecule has 0 aliphatic carbocycles. The highest BCUT2D eigenvalue weighted by Crippen LogP contribution is 2.29. The van der Waals surface area contributed by atoms with Crippen LogP contribution in [0.15, 0.2) is 60.7 Å². The van der Waals surface area contributed by atoms with Crippen molar-refractivity contribution in [2.75, 3.05) is 13.7 Å². The summed E-state index contributed by atoms with van der Waals surface area (Å²) in [6, 6.07) is 21.5. The number of ether oxygens (including phenoxy) is 4. The molecule has 1 aliphatic rings. The average molecular weight is 383 g/mol. The van der Waals surface area contributed by atoms with Gasteiger partial charge in [0.1, 0.15) is 24.2 Å². The Morgan fingerprint density at radius 2 is 1.61 bits per heavy atom. The monoisotopic (exact) mass is 383 g/mol. The average Bonchev–Trinajstić information content (AvgIpc) is 2.74. The Labute approximate surface area is 165 Å². The second kappa shape index (κ2) is 10.3. The summed E-state index contributed by atoms with van der Waals surface area (Å²) in [5.41, 5.74) is 1.99. The maximum atomic E-state index is 10.7. The highest BCUT2D eigenvalue weighted by atomic mass is 16.7. The Kier molecular flexibility index (Phi) is 7.54. The van der Waals surface area contributed by atoms with Crippen LogP contribution in [-0.2, 0) is 32.2 Å². The second-order valence-corrected chi connectivity index (χ2v) is 6.69. The third-order valence-electron chi connectivity index (χ3n) is 4.74. The van der Waals surface area contributed by atoms with Crippen LogP contribution in [0.5, 0.6) is 0 Å². The van der Waals surface area contributed by atoms with Gasteiger partial charge in [-0.3, -0.25) is 0 Å². The van der Waals surface area contributed by atoms with Crippen LogP contribution in [0.2, 0.25) is 0 Å². The van der Waals surface area contributed by atoms with Gasteiger partial charge in [-0.05, 0) is 11.1 Å². The van der Waals surface area contributed by atoms with Crippen molar-refractivity contribution in [3.63, 3.8) is 0 Å². The SMILES string of the molecule is CO[C@H]1O[C@H](COCc2ccccc2)[C@@H](C#N)[C@H](O)[C@H]1OCc1ccccc1. The summed E-state index contributed by atoms with van der Waals surface area (Å²) in [6.45, 7) is 0.870. The summed E-state index contributed by atoms with van der Waals surface area (Å²) < 4.78 is 22.8. The van der Waals surface area contributed by atoms with Gasteiger partial charge in [0.25, 0.3) is 0 Å². The van der Waals surface area contributed by atoms with E-state index in [2.05, 4.69) is 6.07 Å². The van der Waals surface area contributed by atoms with Crippen molar-refractivity contribution in [1.82, 2.24) is 0 Å². The summed E-state index contributed by atoms with van der Waals surface area (Å²) in [4.78, 5) is 0. The van der Waals surface area contributed by atoms with Crippen molar-refractivity contribution >= 4 is 0 Å². The highest BCUT2D eigenvalue weighted by molar-refractivity contribution is 5.14. The number of nitriles is 1. The lowest BCUT2D eigenvalue weighted by atomic mass is 9.90. The van der Waals surface area contributed by atoms with Crippen LogP contribution in [0.25, 0.3) is 0 Å². The van der Waals surface area contributed by atoms with E-state index in [4.69, 9.17) is 18.9 Å². The Hall–Kier alpha value is -2.27. The first-order valence-electron chi connectivity index (χ1n) is 9.26. The molecule has 1 heterocycles. The lowest BCUT2D eigenvalue weighted by Crippen LogP contribution is -2.56. The van der Waals surface area contributed by atoms with Crippen molar-refractivity contribution in [2.24, 2.45) is 5.92 Å². The molecule has 28 heavy (non-hydrogen) atoms. The Balaban J connectivity index is 1.59. The maximum absolute atomic E-state index is 10.7. The van der Waals surface area contributed by atoms with Crippen LogP contribution in [0.3, 0.4) is 0 Å². The zero-order chi connectivity index (χ0) is 19.8. The van der Waals surface area contributed by atoms with E-state index in [9.17, 15) is 10.4 Å². The molecule has 0 radical (unpaired) electrons. The zero-order valence-corrected chi connectivity index (χ0v) is 15.8. The van der Waals surface area contributed by atoms with Gasteiger partial charge in [0.2, 0.25) is 0 Å². The largest absolute Gasteiger partial charge is 0.389 e. The number of rotatable bonds is 8. The van der Waals surface area contributed by atoms with Gasteiger partial charge in [0.15, 0.2) is 6.29 Å². The van der Waals surface area contributed by atoms with Crippen LogP contribution in [0.4, 0.5) is 0 Å². The lowest BCUT2D eigenvalue weighted by molar-refractivity contribution is -0.290. The minimum absolute atomic E-state index is 0.176. The van der Waals surface area contributed by atoms with Crippen LogP contribution < -0.4 is 0 Å². The molecule has 0 saturated carbocycles. The Morgan fingerprint density at radius 1 is 1.00 bits per heavy atom. The van der Waals surface area contributed by atoms with Crippen LogP contribution in [0.1, 0.15) is 11.1 Å². The van der Waals surface area contributed by atoms with Gasteiger partial charge >= 0.3 is 0 Å². The number of methoxy groups -OCH3 is 1. The fourth-order valence-corrected chi connectivity index (χ4v) is 3.22. The van der Waals surface area contributed by atoms with Gasteiger partial charge in [-0.25, -0.2) is 0 Å². The minimum atomic E-state index is -1.04. The fourth-order valence-electron chi connectivity index (χ4n) is 3.22. The summed E-state index contributed by atoms with van der Waals surface area (Å²) in [6.07, 6.45) is -3.20. The molecule has 3 rings (SSSR count). The van der Waals surface area contributed by atoms with E-state index in [-0.39, 0.29) is 6.61 Å². The number of aliphatic hydroxyl groups excluding tert-OH is 1. The third kappa shape index (κ3) is 5.16. The van der Waals surface area contributed by atoms with Gasteiger partial charge in [0, 0.05) is 7.11 Å². The molecule has 0 bridgehead atoms. The van der Waals surface area contributed by atoms with Gasteiger partial charge in [0.05, 0.1) is 25.9 Å². The normalized spacial score (nSPS) is 27.2. The van der Waals surface area contributed by atoms with Crippen LogP contribution in [-0.4, -0.2) is 43.4 Å². The molecule has 5 atom stereocenters. The van der Waals surface area contributed by atoms with Gasteiger partial charge in [-0.1, -0.05) is 60.7 Å². The molecule has 2 aromatic rings. The summed E-state index contributed by atoms with van der Waals surface area (Å²) in [7, 11) is 1.49. The lowest BCUT2D eigenvalue weighted by Gasteiger charge is -2.41. The van der Waals surface area contributed by atoms with Gasteiger partial charge in [-0.2, -0.15) is 5.26 Å². The smallest absolute Gasteiger partial charge is 0.186 e. The molecule has 0 amide bonds. The molecule has 6 heteroatoms. The predicted molar refractivity (Wildman–Crippen MR) is 102 cm³/mol. The van der Waals surface area contributed by atoms with Gasteiger partial charge in [-0.15, -0.1) is 0 Å². The van der Waals surface area contributed by atoms with Crippen molar-refractivity contribution < 1.29 is 24.1 Å². The van der Waals surface area contributed by atoms with Crippen molar-refractivity contribution in [3.8, 4) is 6.07 Å². The first kappa shape index (κ1) is 20.5. The molecule has 1 saturated heterocycles. The number of benzene rings is 2. The van der Waals surface area contributed by atoms with Crippen molar-refractivity contribution in [2.45, 2.75) is 37.8 Å². The topological polar surface area (TPSA) is 80.9 Å². The zero-order valence-electron chi connectivity index (χ0n) is 15.8. The maximum Gasteiger partial charge on any atom is 0.186 e. The molecule has 0 spiro atoms. The highest BCUT2D eigenvalue weighted by Gasteiger charge is 2.46. The number of nitrogens with zero attached hydrogens (tertiary/aromatic N) is 1. The molecule has 148 valence electrons. The molecule has 0 aromatic heterocycles. The molecule has 0 unspecified atom stereocenters. The van der Waals surface area contributed by atoms with Crippen molar-refractivity contribution in [3.05, 3.63) is 71.8 Å². The second-order valence-electron chi connectivity index (χ2n) is 6.69. The van der Waals surface area contributed by atoms with Crippen molar-refractivity contribution in [1.29, 1.82) is 5.26 Å². The fraction of sp³-hybridized carbons (Fsp3) is 0.409. The third-order valence-corrected chi connectivity index (χ3v) is 4.74. The van der Waals surface area contributed by atoms with E-state index in [0.29, 0.717) is 13.2 Å². The minimum Gasteiger partial charge on any atom is -0.389 e. The predicted octanol–water partition coefficient (Wildman–Crippen LogP) is 2.66. The van der Waals surface area contributed by atoms with E-state index in [0.717, 1.165) is 11.1 Å². The Bertz CT molecular complexity index is 747. The summed E-state index contributed by atoms with van der Waals surface area (Å²) >= 11 is 0. The molecular weight excluding hydrogens is 358 g/mol. The first-order chi connectivity index (χ1) is 13.7. The molecule has 6 nitrogen and oxygen atoms in total. The summed E-state index contributed by atoms with van der Waals surface area (Å²) in [5.74, 6) is -0.775. The standard InChI is InChI=1S/C22H25NO5/c1-25-22-21(27-14-17-10-6-3-7-11-17)20(24)18(12-23)19(28-22)15-26-13-16-8-4-2-5-9-16/h2-11,18-22,24H,13-15H2,1H3/t18-,19-,20+,21-,22+/m1/s1. The summed E-state index contributed by atoms with van der Waals surface area (Å²) in [5, 5.41) is 20.3. The van der Waals surface area contributed by atoms with E-state index in [1.807, 2.05) is 60.7 Å². The van der Waals surface area contributed by atoms with E-state index in [1.54, 1.807) is 0 Å².